The molecule has 0 spiro atoms. The fourth-order valence-electron chi connectivity index (χ4n) is 2.29. The predicted molar refractivity (Wildman–Crippen MR) is 66.5 cm³/mol. The maximum atomic E-state index is 10.2. The van der Waals surface area contributed by atoms with Crippen molar-refractivity contribution in [2.75, 3.05) is 6.54 Å². The van der Waals surface area contributed by atoms with Gasteiger partial charge in [-0.1, -0.05) is 38.1 Å². The average Bonchev–Trinajstić information content (AvgIpc) is 2.81. The molecule has 1 heterocycles. The standard InChI is InChI=1S/C14H21NO/c1-10(2)11-5-7-12(8-6-11)14(16)13-4-3-9-15-13/h5-8,10,13-16H,3-4,9H2,1-2H3. The Kier molecular flexibility index (Phi) is 3.62. The molecular formula is C14H21NO. The van der Waals surface area contributed by atoms with Gasteiger partial charge in [-0.3, -0.25) is 0 Å². The second kappa shape index (κ2) is 4.98. The second-order valence-corrected chi connectivity index (χ2v) is 4.97. The summed E-state index contributed by atoms with van der Waals surface area (Å²) in [5.41, 5.74) is 2.36. The third-order valence-corrected chi connectivity index (χ3v) is 3.42. The highest BCUT2D eigenvalue weighted by Gasteiger charge is 2.23. The molecule has 1 aliphatic rings. The minimum absolute atomic E-state index is 0.241. The van der Waals surface area contributed by atoms with Crippen LogP contribution in [0.2, 0.25) is 0 Å². The number of aliphatic hydroxyl groups is 1. The van der Waals surface area contributed by atoms with E-state index in [9.17, 15) is 5.11 Å². The fourth-order valence-corrected chi connectivity index (χ4v) is 2.29. The lowest BCUT2D eigenvalue weighted by Crippen LogP contribution is -2.28. The number of rotatable bonds is 3. The zero-order valence-corrected chi connectivity index (χ0v) is 10.1. The van der Waals surface area contributed by atoms with Gasteiger partial charge in [0.2, 0.25) is 0 Å². The number of hydrogen-bond acceptors (Lipinski definition) is 2. The first-order valence-electron chi connectivity index (χ1n) is 6.20. The van der Waals surface area contributed by atoms with Gasteiger partial charge in [0.05, 0.1) is 6.10 Å². The van der Waals surface area contributed by atoms with Crippen LogP contribution in [0.15, 0.2) is 24.3 Å². The first kappa shape index (κ1) is 11.6. The molecule has 0 amide bonds. The lowest BCUT2D eigenvalue weighted by molar-refractivity contribution is 0.137. The van der Waals surface area contributed by atoms with E-state index in [1.807, 2.05) is 0 Å². The smallest absolute Gasteiger partial charge is 0.0942 e. The molecule has 0 aliphatic carbocycles. The summed E-state index contributed by atoms with van der Waals surface area (Å²) in [5.74, 6) is 0.552. The molecule has 2 N–H and O–H groups in total. The quantitative estimate of drug-likeness (QED) is 0.819. The first-order valence-corrected chi connectivity index (χ1v) is 6.20. The summed E-state index contributed by atoms with van der Waals surface area (Å²) in [4.78, 5) is 0. The third kappa shape index (κ3) is 2.45. The number of benzene rings is 1. The van der Waals surface area contributed by atoms with Gasteiger partial charge in [0.25, 0.3) is 0 Å². The summed E-state index contributed by atoms with van der Waals surface area (Å²) in [6.45, 7) is 5.40. The Bertz CT molecular complexity index is 325. The summed E-state index contributed by atoms with van der Waals surface area (Å²) < 4.78 is 0. The Balaban J connectivity index is 2.08. The zero-order chi connectivity index (χ0) is 11.5. The van der Waals surface area contributed by atoms with Crippen LogP contribution in [0.4, 0.5) is 0 Å². The van der Waals surface area contributed by atoms with Gasteiger partial charge in [-0.05, 0) is 36.4 Å². The van der Waals surface area contributed by atoms with Crippen LogP contribution in [0.3, 0.4) is 0 Å². The van der Waals surface area contributed by atoms with Crippen molar-refractivity contribution in [3.63, 3.8) is 0 Å². The van der Waals surface area contributed by atoms with Crippen LogP contribution < -0.4 is 5.32 Å². The van der Waals surface area contributed by atoms with Crippen molar-refractivity contribution < 1.29 is 5.11 Å². The van der Waals surface area contributed by atoms with Crippen molar-refractivity contribution in [3.8, 4) is 0 Å². The molecule has 16 heavy (non-hydrogen) atoms. The third-order valence-electron chi connectivity index (χ3n) is 3.42. The highest BCUT2D eigenvalue weighted by molar-refractivity contribution is 5.27. The molecule has 2 unspecified atom stereocenters. The Morgan fingerprint density at radius 1 is 1.19 bits per heavy atom. The predicted octanol–water partition coefficient (Wildman–Crippen LogP) is 2.60. The number of aliphatic hydroxyl groups excluding tert-OH is 1. The van der Waals surface area contributed by atoms with E-state index in [0.29, 0.717) is 5.92 Å². The van der Waals surface area contributed by atoms with E-state index in [4.69, 9.17) is 0 Å². The molecule has 2 atom stereocenters. The molecule has 0 bridgehead atoms. The van der Waals surface area contributed by atoms with Crippen molar-refractivity contribution in [3.05, 3.63) is 35.4 Å². The van der Waals surface area contributed by atoms with E-state index in [-0.39, 0.29) is 12.1 Å². The second-order valence-electron chi connectivity index (χ2n) is 4.97. The molecule has 0 radical (unpaired) electrons. The molecule has 0 aromatic heterocycles. The van der Waals surface area contributed by atoms with E-state index >= 15 is 0 Å². The topological polar surface area (TPSA) is 32.3 Å². The maximum Gasteiger partial charge on any atom is 0.0942 e. The molecule has 88 valence electrons. The van der Waals surface area contributed by atoms with E-state index in [2.05, 4.69) is 43.4 Å². The summed E-state index contributed by atoms with van der Waals surface area (Å²) in [6, 6.07) is 8.60. The molecule has 1 fully saturated rings. The van der Waals surface area contributed by atoms with E-state index < -0.39 is 0 Å². The van der Waals surface area contributed by atoms with Crippen molar-refractivity contribution in [1.29, 1.82) is 0 Å². The summed E-state index contributed by atoms with van der Waals surface area (Å²) >= 11 is 0. The average molecular weight is 219 g/mol. The Hall–Kier alpha value is -0.860. The minimum atomic E-state index is -0.358. The van der Waals surface area contributed by atoms with Gasteiger partial charge < -0.3 is 10.4 Å². The van der Waals surface area contributed by atoms with Crippen molar-refractivity contribution in [1.82, 2.24) is 5.32 Å². The van der Waals surface area contributed by atoms with Crippen LogP contribution in [0, 0.1) is 0 Å². The molecule has 2 heteroatoms. The molecule has 0 saturated carbocycles. The van der Waals surface area contributed by atoms with Crippen LogP contribution in [-0.4, -0.2) is 17.7 Å². The molecule has 2 nitrogen and oxygen atoms in total. The van der Waals surface area contributed by atoms with E-state index in [1.165, 1.54) is 12.0 Å². The van der Waals surface area contributed by atoms with Crippen LogP contribution in [-0.2, 0) is 0 Å². The fraction of sp³-hybridized carbons (Fsp3) is 0.571. The Morgan fingerprint density at radius 3 is 2.31 bits per heavy atom. The maximum absolute atomic E-state index is 10.2. The molecule has 1 saturated heterocycles. The number of nitrogens with one attached hydrogen (secondary N) is 1. The monoisotopic (exact) mass is 219 g/mol. The van der Waals surface area contributed by atoms with Crippen LogP contribution in [0.5, 0.6) is 0 Å². The van der Waals surface area contributed by atoms with Gasteiger partial charge in [0.15, 0.2) is 0 Å². The Morgan fingerprint density at radius 2 is 1.81 bits per heavy atom. The highest BCUT2D eigenvalue weighted by atomic mass is 16.3. The zero-order valence-electron chi connectivity index (χ0n) is 10.1. The number of hydrogen-bond donors (Lipinski definition) is 2. The first-order chi connectivity index (χ1) is 7.68. The van der Waals surface area contributed by atoms with Gasteiger partial charge in [0.1, 0.15) is 0 Å². The highest BCUT2D eigenvalue weighted by Crippen LogP contribution is 2.24. The van der Waals surface area contributed by atoms with Crippen LogP contribution >= 0.6 is 0 Å². The molecule has 1 aliphatic heterocycles. The SMILES string of the molecule is CC(C)c1ccc(C(O)C2CCCN2)cc1. The van der Waals surface area contributed by atoms with E-state index in [0.717, 1.165) is 18.5 Å². The minimum Gasteiger partial charge on any atom is -0.387 e. The van der Waals surface area contributed by atoms with Gasteiger partial charge >= 0.3 is 0 Å². The molecule has 2 rings (SSSR count). The molecule has 1 aromatic carbocycles. The van der Waals surface area contributed by atoms with E-state index in [1.54, 1.807) is 0 Å². The van der Waals surface area contributed by atoms with Crippen molar-refractivity contribution >= 4 is 0 Å². The summed E-state index contributed by atoms with van der Waals surface area (Å²) in [6.07, 6.45) is 1.89. The van der Waals surface area contributed by atoms with Crippen molar-refractivity contribution in [2.24, 2.45) is 0 Å². The Labute approximate surface area is 97.7 Å². The van der Waals surface area contributed by atoms with Gasteiger partial charge in [-0.25, -0.2) is 0 Å². The lowest BCUT2D eigenvalue weighted by atomic mass is 9.97. The molecular weight excluding hydrogens is 198 g/mol. The normalized spacial score (nSPS) is 22.6. The largest absolute Gasteiger partial charge is 0.387 e. The van der Waals surface area contributed by atoms with Crippen molar-refractivity contribution in [2.45, 2.75) is 44.8 Å². The summed E-state index contributed by atoms with van der Waals surface area (Å²) in [5, 5.41) is 13.5. The van der Waals surface area contributed by atoms with Crippen LogP contribution in [0.25, 0.3) is 0 Å². The van der Waals surface area contributed by atoms with Gasteiger partial charge in [-0.15, -0.1) is 0 Å². The van der Waals surface area contributed by atoms with Gasteiger partial charge in [-0.2, -0.15) is 0 Å². The van der Waals surface area contributed by atoms with Gasteiger partial charge in [0, 0.05) is 6.04 Å². The molecule has 1 aromatic rings. The lowest BCUT2D eigenvalue weighted by Gasteiger charge is -2.19. The summed E-state index contributed by atoms with van der Waals surface area (Å²) in [7, 11) is 0. The van der Waals surface area contributed by atoms with Crippen LogP contribution in [0.1, 0.15) is 49.8 Å².